The van der Waals surface area contributed by atoms with Gasteiger partial charge < -0.3 is 24.9 Å². The van der Waals surface area contributed by atoms with Gasteiger partial charge in [0.2, 0.25) is 5.75 Å². The zero-order chi connectivity index (χ0) is 14.7. The number of aromatic nitrogens is 2. The van der Waals surface area contributed by atoms with Crippen molar-refractivity contribution in [1.29, 1.82) is 0 Å². The molecule has 1 heterocycles. The summed E-state index contributed by atoms with van der Waals surface area (Å²) in [4.78, 5) is 18.0. The van der Waals surface area contributed by atoms with Crippen LogP contribution >= 0.6 is 0 Å². The number of anilines is 1. The molecule has 2 rings (SSSR count). The van der Waals surface area contributed by atoms with Gasteiger partial charge in [-0.1, -0.05) is 0 Å². The Bertz CT molecular complexity index is 657. The first-order chi connectivity index (χ1) is 9.62. The van der Waals surface area contributed by atoms with Crippen molar-refractivity contribution >= 4 is 5.69 Å². The van der Waals surface area contributed by atoms with Crippen molar-refractivity contribution in [3.8, 4) is 28.5 Å². The first-order valence-corrected chi connectivity index (χ1v) is 5.76. The molecule has 0 aliphatic heterocycles. The normalized spacial score (nSPS) is 10.2. The highest BCUT2D eigenvalue weighted by molar-refractivity contribution is 5.75. The highest BCUT2D eigenvalue weighted by atomic mass is 16.5. The summed E-state index contributed by atoms with van der Waals surface area (Å²) in [5, 5.41) is 0. The van der Waals surface area contributed by atoms with E-state index in [1.165, 1.54) is 27.7 Å². The predicted molar refractivity (Wildman–Crippen MR) is 74.4 cm³/mol. The van der Waals surface area contributed by atoms with Gasteiger partial charge in [-0.2, -0.15) is 0 Å². The van der Waals surface area contributed by atoms with Gasteiger partial charge in [-0.15, -0.1) is 0 Å². The maximum atomic E-state index is 11.5. The van der Waals surface area contributed by atoms with Crippen LogP contribution < -0.4 is 25.5 Å². The molecule has 0 aliphatic carbocycles. The number of nitrogens with zero attached hydrogens (tertiary/aromatic N) is 1. The maximum Gasteiger partial charge on any atom is 0.274 e. The predicted octanol–water partition coefficient (Wildman–Crippen LogP) is 1.04. The van der Waals surface area contributed by atoms with E-state index in [1.54, 1.807) is 12.1 Å². The highest BCUT2D eigenvalue weighted by Gasteiger charge is 2.16. The summed E-state index contributed by atoms with van der Waals surface area (Å²) in [6.45, 7) is 0. The Morgan fingerprint density at radius 1 is 1.10 bits per heavy atom. The van der Waals surface area contributed by atoms with Gasteiger partial charge in [0.1, 0.15) is 11.4 Å². The van der Waals surface area contributed by atoms with Gasteiger partial charge in [-0.3, -0.25) is 4.79 Å². The lowest BCUT2D eigenvalue weighted by atomic mass is 10.1. The zero-order valence-corrected chi connectivity index (χ0v) is 11.4. The van der Waals surface area contributed by atoms with Crippen LogP contribution in [0.25, 0.3) is 11.3 Å². The molecule has 0 saturated carbocycles. The minimum Gasteiger partial charge on any atom is -0.493 e. The molecule has 0 amide bonds. The monoisotopic (exact) mass is 277 g/mol. The van der Waals surface area contributed by atoms with Gasteiger partial charge in [0, 0.05) is 5.56 Å². The van der Waals surface area contributed by atoms with Crippen LogP contribution in [-0.4, -0.2) is 31.3 Å². The minimum absolute atomic E-state index is 0.0294. The molecule has 0 radical (unpaired) electrons. The summed E-state index contributed by atoms with van der Waals surface area (Å²) in [6.07, 6.45) is 1.29. The zero-order valence-electron chi connectivity index (χ0n) is 11.4. The summed E-state index contributed by atoms with van der Waals surface area (Å²) < 4.78 is 15.7. The van der Waals surface area contributed by atoms with Crippen LogP contribution in [-0.2, 0) is 0 Å². The highest BCUT2D eigenvalue weighted by Crippen LogP contribution is 2.41. The van der Waals surface area contributed by atoms with Gasteiger partial charge in [0.05, 0.1) is 27.7 Å². The molecular formula is C13H15N3O4. The molecule has 0 atom stereocenters. The van der Waals surface area contributed by atoms with Crippen molar-refractivity contribution in [1.82, 2.24) is 9.97 Å². The Labute approximate surface area is 115 Å². The van der Waals surface area contributed by atoms with Crippen LogP contribution in [0, 0.1) is 0 Å². The second-order valence-electron chi connectivity index (χ2n) is 3.91. The number of nitrogens with one attached hydrogen (secondary N) is 1. The molecular weight excluding hydrogens is 262 g/mol. The topological polar surface area (TPSA) is 99.5 Å². The molecule has 7 heteroatoms. The van der Waals surface area contributed by atoms with Crippen molar-refractivity contribution in [2.75, 3.05) is 27.1 Å². The van der Waals surface area contributed by atoms with Crippen LogP contribution in [0.5, 0.6) is 17.2 Å². The van der Waals surface area contributed by atoms with Gasteiger partial charge in [0.15, 0.2) is 11.5 Å². The van der Waals surface area contributed by atoms with Crippen molar-refractivity contribution in [3.05, 3.63) is 28.8 Å². The summed E-state index contributed by atoms with van der Waals surface area (Å²) >= 11 is 0. The molecule has 0 bridgehead atoms. The number of aromatic amines is 1. The van der Waals surface area contributed by atoms with E-state index in [2.05, 4.69) is 9.97 Å². The fourth-order valence-electron chi connectivity index (χ4n) is 1.86. The summed E-state index contributed by atoms with van der Waals surface area (Å²) in [5.41, 5.74) is 6.33. The smallest absolute Gasteiger partial charge is 0.274 e. The second-order valence-corrected chi connectivity index (χ2v) is 3.91. The third kappa shape index (κ3) is 2.25. The molecule has 7 nitrogen and oxygen atoms in total. The van der Waals surface area contributed by atoms with Gasteiger partial charge >= 0.3 is 0 Å². The number of rotatable bonds is 4. The Balaban J connectivity index is 2.69. The molecule has 2 aromatic rings. The number of benzene rings is 1. The van der Waals surface area contributed by atoms with Crippen LogP contribution in [0.15, 0.2) is 23.3 Å². The van der Waals surface area contributed by atoms with Gasteiger partial charge in [-0.05, 0) is 12.1 Å². The Hall–Kier alpha value is -2.70. The molecule has 0 fully saturated rings. The number of methoxy groups -OCH3 is 3. The fraction of sp³-hybridized carbons (Fsp3) is 0.231. The maximum absolute atomic E-state index is 11.5. The lowest BCUT2D eigenvalue weighted by Crippen LogP contribution is -2.13. The lowest BCUT2D eigenvalue weighted by molar-refractivity contribution is 0.324. The van der Waals surface area contributed by atoms with Gasteiger partial charge in [0.25, 0.3) is 5.56 Å². The van der Waals surface area contributed by atoms with Crippen LogP contribution in [0.3, 0.4) is 0 Å². The third-order valence-electron chi connectivity index (χ3n) is 2.83. The summed E-state index contributed by atoms with van der Waals surface area (Å²) in [5.74, 6) is 1.38. The number of ether oxygens (including phenoxy) is 3. The van der Waals surface area contributed by atoms with E-state index in [4.69, 9.17) is 19.9 Å². The van der Waals surface area contributed by atoms with Gasteiger partial charge in [-0.25, -0.2) is 4.98 Å². The van der Waals surface area contributed by atoms with E-state index in [1.807, 2.05) is 0 Å². The van der Waals surface area contributed by atoms with Crippen molar-refractivity contribution in [3.63, 3.8) is 0 Å². The third-order valence-corrected chi connectivity index (χ3v) is 2.83. The molecule has 0 spiro atoms. The van der Waals surface area contributed by atoms with Crippen molar-refractivity contribution in [2.24, 2.45) is 0 Å². The number of hydrogen-bond donors (Lipinski definition) is 2. The molecule has 0 saturated heterocycles. The largest absolute Gasteiger partial charge is 0.493 e. The molecule has 20 heavy (non-hydrogen) atoms. The molecule has 0 unspecified atom stereocenters. The Morgan fingerprint density at radius 3 is 2.20 bits per heavy atom. The van der Waals surface area contributed by atoms with E-state index in [9.17, 15) is 4.79 Å². The average molecular weight is 277 g/mol. The van der Waals surface area contributed by atoms with Crippen molar-refractivity contribution in [2.45, 2.75) is 0 Å². The molecule has 3 N–H and O–H groups in total. The average Bonchev–Trinajstić information content (AvgIpc) is 2.48. The lowest BCUT2D eigenvalue weighted by Gasteiger charge is -2.14. The Kier molecular flexibility index (Phi) is 3.79. The molecule has 1 aromatic carbocycles. The first kappa shape index (κ1) is 13.7. The number of hydrogen-bond acceptors (Lipinski definition) is 6. The quantitative estimate of drug-likeness (QED) is 0.866. The summed E-state index contributed by atoms with van der Waals surface area (Å²) in [7, 11) is 4.53. The molecule has 106 valence electrons. The van der Waals surface area contributed by atoms with E-state index < -0.39 is 5.56 Å². The molecule has 1 aromatic heterocycles. The number of nitrogen functional groups attached to an aromatic ring is 1. The van der Waals surface area contributed by atoms with Crippen LogP contribution in [0.4, 0.5) is 5.69 Å². The first-order valence-electron chi connectivity index (χ1n) is 5.76. The minimum atomic E-state index is -0.399. The SMILES string of the molecule is COc1cc(-c2nc[nH]c(=O)c2N)cc(OC)c1OC. The van der Waals surface area contributed by atoms with Crippen LogP contribution in [0.2, 0.25) is 0 Å². The van der Waals surface area contributed by atoms with Crippen LogP contribution in [0.1, 0.15) is 0 Å². The Morgan fingerprint density at radius 2 is 1.70 bits per heavy atom. The van der Waals surface area contributed by atoms with E-state index in [-0.39, 0.29) is 5.69 Å². The number of H-pyrrole nitrogens is 1. The fourth-order valence-corrected chi connectivity index (χ4v) is 1.86. The summed E-state index contributed by atoms with van der Waals surface area (Å²) in [6, 6.07) is 3.36. The van der Waals surface area contributed by atoms with Crippen molar-refractivity contribution < 1.29 is 14.2 Å². The van der Waals surface area contributed by atoms with E-state index in [0.717, 1.165) is 0 Å². The second kappa shape index (κ2) is 5.52. The van der Waals surface area contributed by atoms with E-state index >= 15 is 0 Å². The number of nitrogens with two attached hydrogens (primary N) is 1. The molecule has 0 aliphatic rings. The van der Waals surface area contributed by atoms with E-state index in [0.29, 0.717) is 28.5 Å². The standard InChI is InChI=1S/C13H15N3O4/c1-18-8-4-7(5-9(19-2)12(8)20-3)11-10(14)13(17)16-6-15-11/h4-6H,14H2,1-3H3,(H,15,16,17).